The maximum atomic E-state index is 13.1. The number of halogens is 3. The van der Waals surface area contributed by atoms with Gasteiger partial charge < -0.3 is 4.90 Å². The van der Waals surface area contributed by atoms with Gasteiger partial charge in [0.25, 0.3) is 0 Å². The van der Waals surface area contributed by atoms with Crippen molar-refractivity contribution < 1.29 is 18.0 Å². The molecular weight excluding hydrogens is 291 g/mol. The molecule has 0 N–H and O–H groups in total. The van der Waals surface area contributed by atoms with Crippen molar-refractivity contribution in [3.8, 4) is 0 Å². The molecule has 22 heavy (non-hydrogen) atoms. The molecule has 1 amide bonds. The zero-order chi connectivity index (χ0) is 15.5. The summed E-state index contributed by atoms with van der Waals surface area (Å²) in [5, 5.41) is 0. The fourth-order valence-electron chi connectivity index (χ4n) is 6.14. The van der Waals surface area contributed by atoms with Crippen LogP contribution in [0.15, 0.2) is 0 Å². The number of likely N-dealkylation sites (tertiary alicyclic amines) is 1. The van der Waals surface area contributed by atoms with Crippen LogP contribution < -0.4 is 0 Å². The molecule has 5 fully saturated rings. The molecule has 0 radical (unpaired) electrons. The van der Waals surface area contributed by atoms with Crippen LogP contribution in [-0.2, 0) is 4.79 Å². The van der Waals surface area contributed by atoms with Gasteiger partial charge in [0, 0.05) is 13.1 Å². The lowest BCUT2D eigenvalue weighted by Gasteiger charge is -2.57. The highest BCUT2D eigenvalue weighted by atomic mass is 19.4. The monoisotopic (exact) mass is 315 g/mol. The molecule has 4 saturated carbocycles. The summed E-state index contributed by atoms with van der Waals surface area (Å²) in [6.45, 7) is 0.414. The molecule has 0 aromatic carbocycles. The predicted molar refractivity (Wildman–Crippen MR) is 76.0 cm³/mol. The Morgan fingerprint density at radius 1 is 1.00 bits per heavy atom. The van der Waals surface area contributed by atoms with Crippen LogP contribution in [0, 0.1) is 29.1 Å². The molecule has 124 valence electrons. The summed E-state index contributed by atoms with van der Waals surface area (Å²) in [6.07, 6.45) is 3.05. The SMILES string of the molecule is O=C(N1CCC[C@@H](C(F)(F)F)C1)C12CC3CC(CC(C3)C1)C2. The van der Waals surface area contributed by atoms with E-state index in [4.69, 9.17) is 0 Å². The summed E-state index contributed by atoms with van der Waals surface area (Å²) in [7, 11) is 0. The number of hydrogen-bond donors (Lipinski definition) is 0. The smallest absolute Gasteiger partial charge is 0.342 e. The van der Waals surface area contributed by atoms with Crippen LogP contribution >= 0.6 is 0 Å². The van der Waals surface area contributed by atoms with E-state index >= 15 is 0 Å². The van der Waals surface area contributed by atoms with Crippen molar-refractivity contribution in [2.45, 2.75) is 57.5 Å². The molecular formula is C17H24F3NO. The minimum atomic E-state index is -4.17. The third-order valence-corrected chi connectivity index (χ3v) is 6.66. The number of hydrogen-bond acceptors (Lipinski definition) is 1. The van der Waals surface area contributed by atoms with Gasteiger partial charge in [-0.05, 0) is 69.1 Å². The van der Waals surface area contributed by atoms with Crippen LogP contribution in [-0.4, -0.2) is 30.1 Å². The molecule has 0 spiro atoms. The molecule has 0 aromatic rings. The van der Waals surface area contributed by atoms with Crippen molar-refractivity contribution in [1.82, 2.24) is 4.90 Å². The molecule has 5 aliphatic rings. The van der Waals surface area contributed by atoms with Crippen LogP contribution in [0.3, 0.4) is 0 Å². The second-order valence-electron chi connectivity index (χ2n) is 8.33. The minimum absolute atomic E-state index is 0.0561. The molecule has 5 rings (SSSR count). The van der Waals surface area contributed by atoms with Crippen LogP contribution in [0.25, 0.3) is 0 Å². The fourth-order valence-corrected chi connectivity index (χ4v) is 6.14. The zero-order valence-electron chi connectivity index (χ0n) is 12.9. The summed E-state index contributed by atoms with van der Waals surface area (Å²) < 4.78 is 39.0. The number of rotatable bonds is 1. The summed E-state index contributed by atoms with van der Waals surface area (Å²) >= 11 is 0. The number of carbonyl (C=O) groups is 1. The third-order valence-electron chi connectivity index (χ3n) is 6.66. The van der Waals surface area contributed by atoms with Crippen molar-refractivity contribution in [3.05, 3.63) is 0 Å². The Bertz CT molecular complexity index is 438. The van der Waals surface area contributed by atoms with Gasteiger partial charge in [-0.1, -0.05) is 0 Å². The van der Waals surface area contributed by atoms with E-state index in [0.717, 1.165) is 19.3 Å². The fraction of sp³-hybridized carbons (Fsp3) is 0.941. The highest BCUT2D eigenvalue weighted by molar-refractivity contribution is 5.83. The quantitative estimate of drug-likeness (QED) is 0.716. The van der Waals surface area contributed by atoms with E-state index in [1.165, 1.54) is 19.3 Å². The highest BCUT2D eigenvalue weighted by Crippen LogP contribution is 2.60. The average molecular weight is 315 g/mol. The van der Waals surface area contributed by atoms with Gasteiger partial charge in [0.1, 0.15) is 0 Å². The summed E-state index contributed by atoms with van der Waals surface area (Å²) in [5.41, 5.74) is -0.303. The molecule has 4 aliphatic carbocycles. The topological polar surface area (TPSA) is 20.3 Å². The molecule has 1 aliphatic heterocycles. The van der Waals surface area contributed by atoms with Gasteiger partial charge in [-0.3, -0.25) is 4.79 Å². The number of carbonyl (C=O) groups excluding carboxylic acids is 1. The summed E-state index contributed by atoms with van der Waals surface area (Å²) in [5.74, 6) is 0.690. The van der Waals surface area contributed by atoms with E-state index < -0.39 is 12.1 Å². The van der Waals surface area contributed by atoms with Gasteiger partial charge in [0.05, 0.1) is 11.3 Å². The van der Waals surface area contributed by atoms with E-state index in [2.05, 4.69) is 0 Å². The van der Waals surface area contributed by atoms with E-state index in [0.29, 0.717) is 30.7 Å². The number of alkyl halides is 3. The van der Waals surface area contributed by atoms with E-state index in [-0.39, 0.29) is 24.3 Å². The molecule has 0 unspecified atom stereocenters. The molecule has 1 atom stereocenters. The lowest BCUT2D eigenvalue weighted by atomic mass is 9.49. The first-order chi connectivity index (χ1) is 10.4. The van der Waals surface area contributed by atoms with Gasteiger partial charge >= 0.3 is 6.18 Å². The standard InChI is InChI=1S/C17H24F3NO/c18-17(19,20)14-2-1-3-21(10-14)15(22)16-7-11-4-12(8-16)6-13(5-11)9-16/h11-14H,1-10H2/t11?,12?,13?,14-,16?/m1/s1. The summed E-state index contributed by atoms with van der Waals surface area (Å²) in [6, 6.07) is 0. The molecule has 1 saturated heterocycles. The van der Waals surface area contributed by atoms with Crippen molar-refractivity contribution in [2.24, 2.45) is 29.1 Å². The highest BCUT2D eigenvalue weighted by Gasteiger charge is 2.56. The van der Waals surface area contributed by atoms with Crippen LogP contribution in [0.5, 0.6) is 0 Å². The molecule has 0 aromatic heterocycles. The van der Waals surface area contributed by atoms with Crippen molar-refractivity contribution in [3.63, 3.8) is 0 Å². The van der Waals surface area contributed by atoms with E-state index in [9.17, 15) is 18.0 Å². The van der Waals surface area contributed by atoms with Gasteiger partial charge in [-0.25, -0.2) is 0 Å². The van der Waals surface area contributed by atoms with Crippen LogP contribution in [0.1, 0.15) is 51.4 Å². The maximum Gasteiger partial charge on any atom is 0.393 e. The van der Waals surface area contributed by atoms with Crippen molar-refractivity contribution in [2.75, 3.05) is 13.1 Å². The third kappa shape index (κ3) is 2.35. The second-order valence-corrected chi connectivity index (χ2v) is 8.33. The van der Waals surface area contributed by atoms with Crippen molar-refractivity contribution >= 4 is 5.91 Å². The minimum Gasteiger partial charge on any atom is -0.342 e. The Morgan fingerprint density at radius 2 is 1.55 bits per heavy atom. The first-order valence-electron chi connectivity index (χ1n) is 8.72. The van der Waals surface area contributed by atoms with Gasteiger partial charge in [-0.15, -0.1) is 0 Å². The lowest BCUT2D eigenvalue weighted by Crippen LogP contribution is -2.56. The average Bonchev–Trinajstić information content (AvgIpc) is 2.44. The largest absolute Gasteiger partial charge is 0.393 e. The van der Waals surface area contributed by atoms with Gasteiger partial charge in [0.15, 0.2) is 0 Å². The Balaban J connectivity index is 1.52. The Morgan fingerprint density at radius 3 is 2.05 bits per heavy atom. The number of amides is 1. The Labute approximate surface area is 129 Å². The molecule has 5 heteroatoms. The van der Waals surface area contributed by atoms with Gasteiger partial charge in [-0.2, -0.15) is 13.2 Å². The van der Waals surface area contributed by atoms with E-state index in [1.54, 1.807) is 4.90 Å². The predicted octanol–water partition coefficient (Wildman–Crippen LogP) is 4.00. The molecule has 1 heterocycles. The molecule has 4 bridgehead atoms. The van der Waals surface area contributed by atoms with Gasteiger partial charge in [0.2, 0.25) is 5.91 Å². The molecule has 2 nitrogen and oxygen atoms in total. The number of nitrogens with zero attached hydrogens (tertiary/aromatic N) is 1. The maximum absolute atomic E-state index is 13.1. The lowest BCUT2D eigenvalue weighted by molar-refractivity contribution is -0.192. The van der Waals surface area contributed by atoms with Crippen molar-refractivity contribution in [1.29, 1.82) is 0 Å². The van der Waals surface area contributed by atoms with Crippen LogP contribution in [0.2, 0.25) is 0 Å². The Hall–Kier alpha value is -0.740. The summed E-state index contributed by atoms with van der Waals surface area (Å²) in [4.78, 5) is 14.6. The Kier molecular flexibility index (Phi) is 3.29. The number of piperidine rings is 1. The zero-order valence-corrected chi connectivity index (χ0v) is 12.9. The first-order valence-corrected chi connectivity index (χ1v) is 8.72. The normalized spacial score (nSPS) is 44.4. The first kappa shape index (κ1) is 14.8. The van der Waals surface area contributed by atoms with Crippen LogP contribution in [0.4, 0.5) is 13.2 Å². The second kappa shape index (κ2) is 4.88. The van der Waals surface area contributed by atoms with E-state index in [1.807, 2.05) is 0 Å².